The van der Waals surface area contributed by atoms with Gasteiger partial charge in [0.15, 0.2) is 0 Å². The van der Waals surface area contributed by atoms with Gasteiger partial charge in [-0.15, -0.1) is 0 Å². The topological polar surface area (TPSA) is 105 Å². The van der Waals surface area contributed by atoms with Crippen molar-refractivity contribution in [2.75, 3.05) is 5.32 Å². The number of hydrogen-bond acceptors (Lipinski definition) is 4. The Hall–Kier alpha value is -4.39. The van der Waals surface area contributed by atoms with Crippen LogP contribution in [0.5, 0.6) is 11.5 Å². The van der Waals surface area contributed by atoms with Crippen molar-refractivity contribution >= 4 is 17.6 Å². The SMILES string of the molecule is Cc1nc(/N=C(\N)Nc2ccc(Oc3ccccc3)cc2)[nH]c(=O)c1Cc1ccccc1. The van der Waals surface area contributed by atoms with Crippen LogP contribution in [0.4, 0.5) is 11.6 Å². The van der Waals surface area contributed by atoms with Gasteiger partial charge in [-0.05, 0) is 48.9 Å². The molecule has 0 bridgehead atoms. The molecule has 0 aliphatic heterocycles. The van der Waals surface area contributed by atoms with E-state index < -0.39 is 0 Å². The largest absolute Gasteiger partial charge is 0.457 e. The highest BCUT2D eigenvalue weighted by atomic mass is 16.5. The van der Waals surface area contributed by atoms with Crippen LogP contribution in [0.2, 0.25) is 0 Å². The number of aromatic amines is 1. The summed E-state index contributed by atoms with van der Waals surface area (Å²) in [5.41, 5.74) is 8.77. The minimum absolute atomic E-state index is 0.111. The Bertz CT molecular complexity index is 1270. The fourth-order valence-corrected chi connectivity index (χ4v) is 3.18. The Morgan fingerprint density at radius 3 is 2.25 bits per heavy atom. The standard InChI is InChI=1S/C25H23N5O2/c1-17-22(16-18-8-4-2-5-9-18)23(31)29-25(27-17)30-24(26)28-19-12-14-21(15-13-19)32-20-10-6-3-7-11-20/h2-15H,16H2,1H3,(H4,26,27,28,29,30,31). The van der Waals surface area contributed by atoms with Gasteiger partial charge < -0.3 is 15.8 Å². The Labute approximate surface area is 185 Å². The van der Waals surface area contributed by atoms with E-state index in [0.29, 0.717) is 23.4 Å². The first-order valence-electron chi connectivity index (χ1n) is 10.1. The van der Waals surface area contributed by atoms with E-state index in [9.17, 15) is 4.79 Å². The summed E-state index contributed by atoms with van der Waals surface area (Å²) in [6.45, 7) is 1.79. The normalized spacial score (nSPS) is 11.2. The van der Waals surface area contributed by atoms with Crippen molar-refractivity contribution in [3.8, 4) is 11.5 Å². The maximum atomic E-state index is 12.6. The lowest BCUT2D eigenvalue weighted by atomic mass is 10.1. The molecule has 4 aromatic rings. The van der Waals surface area contributed by atoms with Gasteiger partial charge in [0, 0.05) is 17.7 Å². The first-order valence-corrected chi connectivity index (χ1v) is 10.1. The second-order valence-corrected chi connectivity index (χ2v) is 7.18. The maximum Gasteiger partial charge on any atom is 0.256 e. The fraction of sp³-hybridized carbons (Fsp3) is 0.0800. The number of nitrogens with one attached hydrogen (secondary N) is 2. The van der Waals surface area contributed by atoms with Crippen LogP contribution in [0.15, 0.2) is 94.7 Å². The Morgan fingerprint density at radius 2 is 1.59 bits per heavy atom. The number of hydrogen-bond donors (Lipinski definition) is 3. The molecule has 7 nitrogen and oxygen atoms in total. The van der Waals surface area contributed by atoms with Gasteiger partial charge in [-0.2, -0.15) is 4.99 Å². The molecule has 0 radical (unpaired) electrons. The lowest BCUT2D eigenvalue weighted by Gasteiger charge is -2.09. The molecule has 1 heterocycles. The number of nitrogens with two attached hydrogens (primary N) is 1. The minimum Gasteiger partial charge on any atom is -0.457 e. The lowest BCUT2D eigenvalue weighted by Crippen LogP contribution is -2.23. The molecule has 4 N–H and O–H groups in total. The fourth-order valence-electron chi connectivity index (χ4n) is 3.18. The van der Waals surface area contributed by atoms with Crippen molar-refractivity contribution in [1.29, 1.82) is 0 Å². The van der Waals surface area contributed by atoms with E-state index in [0.717, 1.165) is 17.0 Å². The number of para-hydroxylation sites is 1. The Balaban J connectivity index is 1.44. The van der Waals surface area contributed by atoms with Crippen molar-refractivity contribution in [3.63, 3.8) is 0 Å². The van der Waals surface area contributed by atoms with E-state index >= 15 is 0 Å². The average molecular weight is 425 g/mol. The summed E-state index contributed by atoms with van der Waals surface area (Å²) in [5, 5.41) is 2.98. The zero-order valence-corrected chi connectivity index (χ0v) is 17.6. The first kappa shape index (κ1) is 20.9. The highest BCUT2D eigenvalue weighted by molar-refractivity contribution is 5.93. The van der Waals surface area contributed by atoms with Gasteiger partial charge in [-0.1, -0.05) is 48.5 Å². The maximum absolute atomic E-state index is 12.6. The minimum atomic E-state index is -0.227. The molecule has 0 spiro atoms. The summed E-state index contributed by atoms with van der Waals surface area (Å²) in [6, 6.07) is 26.6. The summed E-state index contributed by atoms with van der Waals surface area (Å²) < 4.78 is 5.78. The number of guanidine groups is 1. The van der Waals surface area contributed by atoms with E-state index in [1.54, 1.807) is 6.92 Å². The number of benzene rings is 3. The molecule has 0 atom stereocenters. The molecule has 1 aromatic heterocycles. The Morgan fingerprint density at radius 1 is 0.969 bits per heavy atom. The van der Waals surface area contributed by atoms with Crippen molar-refractivity contribution in [3.05, 3.63) is 112 Å². The van der Waals surface area contributed by atoms with Crippen molar-refractivity contribution in [2.24, 2.45) is 10.7 Å². The number of aliphatic imine (C=N–C) groups is 1. The molecule has 4 rings (SSSR count). The molecular formula is C25H23N5O2. The summed E-state index contributed by atoms with van der Waals surface area (Å²) in [7, 11) is 0. The van der Waals surface area contributed by atoms with Crippen LogP contribution < -0.4 is 21.3 Å². The number of nitrogens with zero attached hydrogens (tertiary/aromatic N) is 2. The second kappa shape index (κ2) is 9.61. The van der Waals surface area contributed by atoms with Gasteiger partial charge in [-0.3, -0.25) is 9.78 Å². The van der Waals surface area contributed by atoms with Gasteiger partial charge in [0.2, 0.25) is 11.9 Å². The van der Waals surface area contributed by atoms with E-state index in [1.807, 2.05) is 84.9 Å². The summed E-state index contributed by atoms with van der Waals surface area (Å²) in [5.74, 6) is 1.72. The van der Waals surface area contributed by atoms with Crippen LogP contribution in [0.25, 0.3) is 0 Å². The smallest absolute Gasteiger partial charge is 0.256 e. The second-order valence-electron chi connectivity index (χ2n) is 7.18. The third-order valence-electron chi connectivity index (χ3n) is 4.77. The first-order chi connectivity index (χ1) is 15.6. The number of rotatable bonds is 6. The van der Waals surface area contributed by atoms with Crippen molar-refractivity contribution < 1.29 is 4.74 Å². The lowest BCUT2D eigenvalue weighted by molar-refractivity contribution is 0.483. The highest BCUT2D eigenvalue weighted by Gasteiger charge is 2.09. The number of aryl methyl sites for hydroxylation is 1. The molecule has 0 saturated heterocycles. The zero-order valence-electron chi connectivity index (χ0n) is 17.6. The highest BCUT2D eigenvalue weighted by Crippen LogP contribution is 2.22. The number of H-pyrrole nitrogens is 1. The number of ether oxygens (including phenoxy) is 1. The van der Waals surface area contributed by atoms with Crippen LogP contribution in [-0.2, 0) is 6.42 Å². The third kappa shape index (κ3) is 5.40. The number of anilines is 1. The predicted octanol–water partition coefficient (Wildman–Crippen LogP) is 4.52. The van der Waals surface area contributed by atoms with E-state index in [2.05, 4.69) is 20.3 Å². The van der Waals surface area contributed by atoms with Crippen LogP contribution >= 0.6 is 0 Å². The molecular weight excluding hydrogens is 402 g/mol. The third-order valence-corrected chi connectivity index (χ3v) is 4.77. The van der Waals surface area contributed by atoms with Crippen LogP contribution in [0, 0.1) is 6.92 Å². The van der Waals surface area contributed by atoms with Crippen LogP contribution in [-0.4, -0.2) is 15.9 Å². The molecule has 0 saturated carbocycles. The molecule has 0 unspecified atom stereocenters. The molecule has 32 heavy (non-hydrogen) atoms. The van der Waals surface area contributed by atoms with Gasteiger partial charge >= 0.3 is 0 Å². The molecule has 0 aliphatic rings. The van der Waals surface area contributed by atoms with Crippen molar-refractivity contribution in [1.82, 2.24) is 9.97 Å². The van der Waals surface area contributed by atoms with Crippen LogP contribution in [0.3, 0.4) is 0 Å². The van der Waals surface area contributed by atoms with Gasteiger partial charge in [0.05, 0.1) is 5.69 Å². The number of aromatic nitrogens is 2. The molecule has 0 amide bonds. The molecule has 7 heteroatoms. The van der Waals surface area contributed by atoms with E-state index in [4.69, 9.17) is 10.5 Å². The average Bonchev–Trinajstić information content (AvgIpc) is 2.79. The van der Waals surface area contributed by atoms with Crippen molar-refractivity contribution in [2.45, 2.75) is 13.3 Å². The predicted molar refractivity (Wildman–Crippen MR) is 127 cm³/mol. The quantitative estimate of drug-likeness (QED) is 0.311. The zero-order chi connectivity index (χ0) is 22.3. The van der Waals surface area contributed by atoms with Gasteiger partial charge in [0.25, 0.3) is 5.56 Å². The van der Waals surface area contributed by atoms with Gasteiger partial charge in [-0.25, -0.2) is 4.98 Å². The molecule has 160 valence electrons. The van der Waals surface area contributed by atoms with Gasteiger partial charge in [0.1, 0.15) is 11.5 Å². The summed E-state index contributed by atoms with van der Waals surface area (Å²) in [6.07, 6.45) is 0.504. The molecule has 0 fully saturated rings. The molecule has 3 aromatic carbocycles. The monoisotopic (exact) mass is 425 g/mol. The summed E-state index contributed by atoms with van der Waals surface area (Å²) in [4.78, 5) is 23.8. The molecule has 0 aliphatic carbocycles. The Kier molecular flexibility index (Phi) is 6.27. The van der Waals surface area contributed by atoms with Crippen LogP contribution in [0.1, 0.15) is 16.8 Å². The van der Waals surface area contributed by atoms with E-state index in [-0.39, 0.29) is 17.5 Å². The summed E-state index contributed by atoms with van der Waals surface area (Å²) >= 11 is 0. The van der Waals surface area contributed by atoms with E-state index in [1.165, 1.54) is 0 Å².